The summed E-state index contributed by atoms with van der Waals surface area (Å²) in [5.41, 5.74) is 1.82. The molecule has 0 amide bonds. The van der Waals surface area contributed by atoms with Crippen LogP contribution in [0.5, 0.6) is 0 Å². The lowest BCUT2D eigenvalue weighted by atomic mass is 10.3. The minimum absolute atomic E-state index is 0.288. The van der Waals surface area contributed by atoms with Crippen LogP contribution in [0.4, 0.5) is 5.69 Å². The molecule has 0 unspecified atom stereocenters. The highest BCUT2D eigenvalue weighted by Crippen LogP contribution is 2.31. The van der Waals surface area contributed by atoms with Gasteiger partial charge in [0.05, 0.1) is 21.3 Å². The number of rotatable bonds is 3. The van der Waals surface area contributed by atoms with E-state index in [0.717, 1.165) is 0 Å². The van der Waals surface area contributed by atoms with E-state index >= 15 is 0 Å². The average molecular weight is 388 g/mol. The van der Waals surface area contributed by atoms with Crippen molar-refractivity contribution in [2.75, 3.05) is 0 Å². The number of halogens is 2. The largest absolute Gasteiger partial charge is 0.293 e. The molecule has 8 nitrogen and oxygen atoms in total. The molecule has 0 fully saturated rings. The maximum Gasteiger partial charge on any atom is 0.281 e. The van der Waals surface area contributed by atoms with Crippen molar-refractivity contribution in [3.63, 3.8) is 0 Å². The van der Waals surface area contributed by atoms with Gasteiger partial charge in [-0.1, -0.05) is 29.3 Å². The van der Waals surface area contributed by atoms with E-state index in [1.807, 2.05) is 0 Å². The van der Waals surface area contributed by atoms with Crippen molar-refractivity contribution < 1.29 is 0 Å². The minimum Gasteiger partial charge on any atom is -0.293 e. The van der Waals surface area contributed by atoms with Gasteiger partial charge in [0.25, 0.3) is 5.56 Å². The number of fused-ring (bicyclic) bond motifs is 1. The molecule has 0 saturated carbocycles. The number of aliphatic imine (C=N–C) groups is 1. The molecule has 3 aromatic heterocycles. The topological polar surface area (TPSA) is 93.2 Å². The maximum atomic E-state index is 12.7. The Morgan fingerprint density at radius 3 is 2.92 bits per heavy atom. The van der Waals surface area contributed by atoms with Crippen molar-refractivity contribution in [2.24, 2.45) is 4.99 Å². The number of aromatic nitrogens is 6. The lowest BCUT2D eigenvalue weighted by Crippen LogP contribution is -2.19. The minimum atomic E-state index is -0.288. The zero-order chi connectivity index (χ0) is 18.3. The second kappa shape index (κ2) is 6.40. The monoisotopic (exact) mass is 387 g/mol. The van der Waals surface area contributed by atoms with Crippen molar-refractivity contribution >= 4 is 40.8 Å². The number of nitrogens with zero attached hydrogens (tertiary/aromatic N) is 6. The van der Waals surface area contributed by atoms with E-state index in [1.54, 1.807) is 37.3 Å². The van der Waals surface area contributed by atoms with Gasteiger partial charge in [-0.05, 0) is 31.2 Å². The van der Waals surface area contributed by atoms with Gasteiger partial charge in [0, 0.05) is 11.9 Å². The smallest absolute Gasteiger partial charge is 0.281 e. The summed E-state index contributed by atoms with van der Waals surface area (Å²) in [6.07, 6.45) is 2.92. The summed E-state index contributed by atoms with van der Waals surface area (Å²) in [4.78, 5) is 17.0. The van der Waals surface area contributed by atoms with Gasteiger partial charge >= 0.3 is 0 Å². The van der Waals surface area contributed by atoms with Crippen LogP contribution in [0.3, 0.4) is 0 Å². The number of benzene rings is 1. The van der Waals surface area contributed by atoms with Gasteiger partial charge in [-0.2, -0.15) is 9.20 Å². The third-order valence-electron chi connectivity index (χ3n) is 3.76. The molecule has 0 spiro atoms. The van der Waals surface area contributed by atoms with Crippen LogP contribution in [0.1, 0.15) is 11.3 Å². The molecular formula is C16H11Cl2N7O. The third-order valence-corrected chi connectivity index (χ3v) is 4.57. The first-order valence-corrected chi connectivity index (χ1v) is 8.27. The molecule has 0 saturated heterocycles. The predicted molar refractivity (Wildman–Crippen MR) is 99.2 cm³/mol. The molecule has 1 N–H and O–H groups in total. The SMILES string of the molecule is Cc1[nH]n(-c2ccc3nncn3n2)c(=O)c1C=Nc1cccc(Cl)c1Cl. The van der Waals surface area contributed by atoms with Gasteiger partial charge in [0.1, 0.15) is 6.33 Å². The van der Waals surface area contributed by atoms with Crippen molar-refractivity contribution in [1.29, 1.82) is 0 Å². The van der Waals surface area contributed by atoms with Crippen molar-refractivity contribution in [1.82, 2.24) is 29.6 Å². The maximum absolute atomic E-state index is 12.7. The number of aromatic amines is 1. The molecule has 4 aromatic rings. The number of H-pyrrole nitrogens is 1. The highest BCUT2D eigenvalue weighted by Gasteiger charge is 2.13. The third kappa shape index (κ3) is 2.79. The molecule has 0 aliphatic carbocycles. The van der Waals surface area contributed by atoms with Crippen LogP contribution >= 0.6 is 23.2 Å². The zero-order valence-corrected chi connectivity index (χ0v) is 14.9. The van der Waals surface area contributed by atoms with Gasteiger partial charge < -0.3 is 0 Å². The van der Waals surface area contributed by atoms with Crippen LogP contribution in [0.15, 0.2) is 46.4 Å². The van der Waals surface area contributed by atoms with E-state index in [1.165, 1.54) is 21.7 Å². The van der Waals surface area contributed by atoms with Gasteiger partial charge in [-0.3, -0.25) is 14.9 Å². The first-order valence-electron chi connectivity index (χ1n) is 7.52. The summed E-state index contributed by atoms with van der Waals surface area (Å²) >= 11 is 12.1. The average Bonchev–Trinajstić information content (AvgIpc) is 3.20. The standard InChI is InChI=1S/C16H11Cl2N7O/c1-9-10(7-19-12-4-2-3-11(17)15(12)18)16(26)25(22-9)14-6-5-13-21-20-8-24(13)23-14/h2-8,22H,1H3. The Bertz CT molecular complexity index is 1210. The summed E-state index contributed by atoms with van der Waals surface area (Å²) in [5.74, 6) is 0.408. The first kappa shape index (κ1) is 16.5. The fraction of sp³-hybridized carbons (Fsp3) is 0.0625. The van der Waals surface area contributed by atoms with E-state index in [-0.39, 0.29) is 5.56 Å². The van der Waals surface area contributed by atoms with Crippen molar-refractivity contribution in [2.45, 2.75) is 6.92 Å². The van der Waals surface area contributed by atoms with Gasteiger partial charge in [0.15, 0.2) is 11.5 Å². The van der Waals surface area contributed by atoms with Crippen LogP contribution in [-0.4, -0.2) is 35.8 Å². The first-order chi connectivity index (χ1) is 12.5. The molecular weight excluding hydrogens is 377 g/mol. The Morgan fingerprint density at radius 2 is 2.08 bits per heavy atom. The second-order valence-electron chi connectivity index (χ2n) is 5.45. The van der Waals surface area contributed by atoms with Crippen molar-refractivity contribution in [3.05, 3.63) is 68.3 Å². The quantitative estimate of drug-likeness (QED) is 0.546. The van der Waals surface area contributed by atoms with Crippen LogP contribution in [0.25, 0.3) is 11.5 Å². The Morgan fingerprint density at radius 1 is 1.23 bits per heavy atom. The zero-order valence-electron chi connectivity index (χ0n) is 13.4. The van der Waals surface area contributed by atoms with E-state index in [4.69, 9.17) is 23.2 Å². The van der Waals surface area contributed by atoms with E-state index < -0.39 is 0 Å². The number of aryl methyl sites for hydroxylation is 1. The fourth-order valence-electron chi connectivity index (χ4n) is 2.44. The summed E-state index contributed by atoms with van der Waals surface area (Å²) in [6, 6.07) is 8.52. The lowest BCUT2D eigenvalue weighted by molar-refractivity contribution is 0.765. The number of hydrogen-bond donors (Lipinski definition) is 1. The molecule has 0 aliphatic heterocycles. The van der Waals surface area contributed by atoms with Crippen LogP contribution < -0.4 is 5.56 Å². The van der Waals surface area contributed by atoms with Crippen LogP contribution in [0.2, 0.25) is 10.0 Å². The predicted octanol–water partition coefficient (Wildman–Crippen LogP) is 2.97. The van der Waals surface area contributed by atoms with Gasteiger partial charge in [0.2, 0.25) is 0 Å². The van der Waals surface area contributed by atoms with E-state index in [2.05, 4.69) is 25.4 Å². The molecule has 4 rings (SSSR count). The molecule has 26 heavy (non-hydrogen) atoms. The lowest BCUT2D eigenvalue weighted by Gasteiger charge is -2.00. The number of nitrogens with one attached hydrogen (secondary N) is 1. The van der Waals surface area contributed by atoms with Crippen molar-refractivity contribution in [3.8, 4) is 5.82 Å². The molecule has 0 aliphatic rings. The molecule has 0 radical (unpaired) electrons. The van der Waals surface area contributed by atoms with E-state index in [0.29, 0.717) is 38.5 Å². The molecule has 1 aromatic carbocycles. The molecule has 0 bridgehead atoms. The fourth-order valence-corrected chi connectivity index (χ4v) is 2.78. The molecule has 3 heterocycles. The highest BCUT2D eigenvalue weighted by atomic mass is 35.5. The second-order valence-corrected chi connectivity index (χ2v) is 6.23. The van der Waals surface area contributed by atoms with Crippen LogP contribution in [0, 0.1) is 6.92 Å². The summed E-state index contributed by atoms with van der Waals surface area (Å²) in [7, 11) is 0. The Balaban J connectivity index is 1.76. The molecule has 10 heteroatoms. The van der Waals surface area contributed by atoms with Gasteiger partial charge in [-0.25, -0.2) is 0 Å². The normalized spacial score (nSPS) is 11.7. The summed E-state index contributed by atoms with van der Waals surface area (Å²) in [6.45, 7) is 1.77. The Labute approximate surface area is 156 Å². The molecule has 0 atom stereocenters. The Hall–Kier alpha value is -2.97. The highest BCUT2D eigenvalue weighted by molar-refractivity contribution is 6.43. The number of hydrogen-bond acceptors (Lipinski definition) is 5. The van der Waals surface area contributed by atoms with Crippen LogP contribution in [-0.2, 0) is 0 Å². The Kier molecular flexibility index (Phi) is 4.06. The van der Waals surface area contributed by atoms with E-state index in [9.17, 15) is 4.79 Å². The van der Waals surface area contributed by atoms with Gasteiger partial charge in [-0.15, -0.1) is 15.3 Å². The summed E-state index contributed by atoms with van der Waals surface area (Å²) < 4.78 is 2.81. The molecule has 130 valence electrons. The summed E-state index contributed by atoms with van der Waals surface area (Å²) in [5, 5.41) is 15.7.